The van der Waals surface area contributed by atoms with E-state index >= 15 is 0 Å². The van der Waals surface area contributed by atoms with E-state index in [-0.39, 0.29) is 5.41 Å². The molecule has 0 aliphatic heterocycles. The van der Waals surface area contributed by atoms with Gasteiger partial charge in [-0.25, -0.2) is 0 Å². The van der Waals surface area contributed by atoms with Crippen LogP contribution in [0.3, 0.4) is 0 Å². The number of nitrogens with one attached hydrogen (secondary N) is 1. The number of hydrogen-bond acceptors (Lipinski definition) is 2. The quantitative estimate of drug-likeness (QED) is 0.233. The maximum atomic E-state index is 3.64. The molecular weight excluding hydrogens is 515 g/mol. The fraction of sp³-hybridized carbons (Fsp3) is 0.0769. The first-order valence-corrected chi connectivity index (χ1v) is 15.0. The SMILES string of the molecule is CC1(C)c2cc(Nc3ccc(-c4ccccc4)cc3)ccc2-c2ccc(-c3ccc4sc5ccccc5c4c3)cc21. The fourth-order valence-corrected chi connectivity index (χ4v) is 7.53. The van der Waals surface area contributed by atoms with Crippen LogP contribution < -0.4 is 5.32 Å². The third-order valence-corrected chi connectivity index (χ3v) is 9.82. The highest BCUT2D eigenvalue weighted by molar-refractivity contribution is 7.25. The Labute approximate surface area is 244 Å². The van der Waals surface area contributed by atoms with Crippen molar-refractivity contribution in [3.05, 3.63) is 145 Å². The predicted molar refractivity (Wildman–Crippen MR) is 177 cm³/mol. The molecule has 0 atom stereocenters. The van der Waals surface area contributed by atoms with Gasteiger partial charge in [0.2, 0.25) is 0 Å². The van der Waals surface area contributed by atoms with E-state index in [1.54, 1.807) is 0 Å². The molecule has 1 aliphatic carbocycles. The van der Waals surface area contributed by atoms with Crippen LogP contribution in [-0.4, -0.2) is 0 Å². The van der Waals surface area contributed by atoms with Crippen molar-refractivity contribution < 1.29 is 0 Å². The number of benzene rings is 6. The van der Waals surface area contributed by atoms with E-state index in [0.717, 1.165) is 11.4 Å². The molecule has 1 N–H and O–H groups in total. The molecule has 0 fully saturated rings. The number of hydrogen-bond donors (Lipinski definition) is 1. The van der Waals surface area contributed by atoms with Crippen LogP contribution in [0, 0.1) is 0 Å². The Kier molecular flexibility index (Phi) is 5.42. The van der Waals surface area contributed by atoms with Crippen molar-refractivity contribution in [1.29, 1.82) is 0 Å². The molecule has 8 rings (SSSR count). The van der Waals surface area contributed by atoms with Gasteiger partial charge in [0.05, 0.1) is 0 Å². The maximum absolute atomic E-state index is 3.64. The molecule has 7 aromatic rings. The van der Waals surface area contributed by atoms with Crippen LogP contribution in [0.2, 0.25) is 0 Å². The molecule has 0 spiro atoms. The van der Waals surface area contributed by atoms with Crippen LogP contribution in [0.1, 0.15) is 25.0 Å². The van der Waals surface area contributed by atoms with Gasteiger partial charge in [-0.3, -0.25) is 0 Å². The van der Waals surface area contributed by atoms with E-state index in [2.05, 4.69) is 153 Å². The lowest BCUT2D eigenvalue weighted by Gasteiger charge is -2.23. The molecule has 6 aromatic carbocycles. The number of rotatable bonds is 4. The molecule has 0 radical (unpaired) electrons. The molecule has 2 heteroatoms. The standard InChI is InChI=1S/C39H29NS/c1-39(2)35-23-28(27-15-21-38-34(22-27)33-10-6-7-11-37(33)41-38)14-19-31(35)32-20-18-30(24-36(32)39)40-29-16-12-26(13-17-29)25-8-4-3-5-9-25/h3-24,40H,1-2H3. The minimum atomic E-state index is -0.0886. The highest BCUT2D eigenvalue weighted by Crippen LogP contribution is 2.50. The van der Waals surface area contributed by atoms with E-state index < -0.39 is 0 Å². The molecule has 41 heavy (non-hydrogen) atoms. The summed E-state index contributed by atoms with van der Waals surface area (Å²) in [5.41, 5.74) is 12.6. The molecule has 1 nitrogen and oxygen atoms in total. The van der Waals surface area contributed by atoms with Gasteiger partial charge in [-0.15, -0.1) is 11.3 Å². The Morgan fingerprint density at radius 2 is 1.05 bits per heavy atom. The molecule has 1 aliphatic rings. The number of thiophene rings is 1. The van der Waals surface area contributed by atoms with Crippen molar-refractivity contribution in [3.63, 3.8) is 0 Å². The maximum Gasteiger partial charge on any atom is 0.0387 e. The van der Waals surface area contributed by atoms with E-state index in [1.807, 2.05) is 11.3 Å². The highest BCUT2D eigenvalue weighted by Gasteiger charge is 2.35. The van der Waals surface area contributed by atoms with Crippen LogP contribution in [0.15, 0.2) is 133 Å². The Balaban J connectivity index is 1.11. The zero-order valence-corrected chi connectivity index (χ0v) is 23.9. The molecule has 0 amide bonds. The third kappa shape index (κ3) is 3.98. The first kappa shape index (κ1) is 24.2. The Morgan fingerprint density at radius 3 is 1.88 bits per heavy atom. The molecule has 196 valence electrons. The normalized spacial score (nSPS) is 13.3. The Bertz CT molecular complexity index is 2080. The molecule has 1 aromatic heterocycles. The van der Waals surface area contributed by atoms with Gasteiger partial charge in [0.1, 0.15) is 0 Å². The number of fused-ring (bicyclic) bond motifs is 6. The summed E-state index contributed by atoms with van der Waals surface area (Å²) >= 11 is 1.87. The fourth-order valence-electron chi connectivity index (χ4n) is 6.44. The zero-order chi connectivity index (χ0) is 27.6. The summed E-state index contributed by atoms with van der Waals surface area (Å²) < 4.78 is 2.69. The predicted octanol–water partition coefficient (Wildman–Crippen LogP) is 11.4. The van der Waals surface area contributed by atoms with E-state index in [4.69, 9.17) is 0 Å². The highest BCUT2D eigenvalue weighted by atomic mass is 32.1. The van der Waals surface area contributed by atoms with Crippen molar-refractivity contribution in [2.45, 2.75) is 19.3 Å². The van der Waals surface area contributed by atoms with Gasteiger partial charge >= 0.3 is 0 Å². The van der Waals surface area contributed by atoms with Gasteiger partial charge in [-0.1, -0.05) is 98.8 Å². The molecule has 0 bridgehead atoms. The molecule has 0 saturated carbocycles. The Morgan fingerprint density at radius 1 is 0.463 bits per heavy atom. The van der Waals surface area contributed by atoms with Gasteiger partial charge < -0.3 is 5.32 Å². The summed E-state index contributed by atoms with van der Waals surface area (Å²) in [6.07, 6.45) is 0. The lowest BCUT2D eigenvalue weighted by atomic mass is 9.81. The Hall–Kier alpha value is -4.66. The van der Waals surface area contributed by atoms with E-state index in [1.165, 1.54) is 64.7 Å². The summed E-state index contributed by atoms with van der Waals surface area (Å²) in [7, 11) is 0. The van der Waals surface area contributed by atoms with E-state index in [9.17, 15) is 0 Å². The second-order valence-corrected chi connectivity index (χ2v) is 12.6. The summed E-state index contributed by atoms with van der Waals surface area (Å²) in [4.78, 5) is 0. The minimum absolute atomic E-state index is 0.0886. The van der Waals surface area contributed by atoms with Crippen molar-refractivity contribution in [1.82, 2.24) is 0 Å². The zero-order valence-electron chi connectivity index (χ0n) is 23.1. The third-order valence-electron chi connectivity index (χ3n) is 8.67. The van der Waals surface area contributed by atoms with Crippen LogP contribution in [0.25, 0.3) is 53.6 Å². The monoisotopic (exact) mass is 543 g/mol. The van der Waals surface area contributed by atoms with Gasteiger partial charge in [0.15, 0.2) is 0 Å². The van der Waals surface area contributed by atoms with Crippen molar-refractivity contribution in [2.75, 3.05) is 5.32 Å². The molecule has 0 unspecified atom stereocenters. The van der Waals surface area contributed by atoms with Crippen molar-refractivity contribution in [2.24, 2.45) is 0 Å². The minimum Gasteiger partial charge on any atom is -0.356 e. The topological polar surface area (TPSA) is 12.0 Å². The van der Waals surface area contributed by atoms with Crippen molar-refractivity contribution >= 4 is 42.9 Å². The largest absolute Gasteiger partial charge is 0.356 e. The van der Waals surface area contributed by atoms with E-state index in [0.29, 0.717) is 0 Å². The smallest absolute Gasteiger partial charge is 0.0387 e. The lowest BCUT2D eigenvalue weighted by molar-refractivity contribution is 0.661. The first-order valence-electron chi connectivity index (χ1n) is 14.2. The van der Waals surface area contributed by atoms with Crippen LogP contribution in [0.4, 0.5) is 11.4 Å². The average Bonchev–Trinajstić information content (AvgIpc) is 3.49. The van der Waals surface area contributed by atoms with Crippen LogP contribution in [-0.2, 0) is 5.41 Å². The second-order valence-electron chi connectivity index (χ2n) is 11.5. The summed E-state index contributed by atoms with van der Waals surface area (Å²) in [5.74, 6) is 0. The molecule has 1 heterocycles. The second kappa shape index (κ2) is 9.19. The van der Waals surface area contributed by atoms with Gasteiger partial charge in [-0.05, 0) is 93.0 Å². The van der Waals surface area contributed by atoms with Gasteiger partial charge in [-0.2, -0.15) is 0 Å². The average molecular weight is 544 g/mol. The first-order chi connectivity index (χ1) is 20.0. The van der Waals surface area contributed by atoms with Crippen LogP contribution >= 0.6 is 11.3 Å². The van der Waals surface area contributed by atoms with Gasteiger partial charge in [0.25, 0.3) is 0 Å². The summed E-state index contributed by atoms with van der Waals surface area (Å²) in [6.45, 7) is 4.71. The van der Waals surface area contributed by atoms with Gasteiger partial charge in [0, 0.05) is 37.0 Å². The van der Waals surface area contributed by atoms with Crippen LogP contribution in [0.5, 0.6) is 0 Å². The molecular formula is C39H29NS. The summed E-state index contributed by atoms with van der Waals surface area (Å²) in [5, 5.41) is 6.34. The van der Waals surface area contributed by atoms with Crippen molar-refractivity contribution in [3.8, 4) is 33.4 Å². The summed E-state index contributed by atoms with van der Waals surface area (Å²) in [6, 6.07) is 48.7. The number of anilines is 2. The lowest BCUT2D eigenvalue weighted by Crippen LogP contribution is -2.15. The molecule has 0 saturated heterocycles.